The SMILES string of the molecule is Cc1ccc(CC[C@H](C)NC(=O)N2CCOC[C@H]2c2ncnn2C)o1. The van der Waals surface area contributed by atoms with Crippen LogP contribution < -0.4 is 5.32 Å². The van der Waals surface area contributed by atoms with Gasteiger partial charge in [0.2, 0.25) is 0 Å². The van der Waals surface area contributed by atoms with Gasteiger partial charge in [-0.15, -0.1) is 0 Å². The standard InChI is InChI=1S/C17H25N5O3/c1-12(4-6-14-7-5-13(2)25-14)20-17(23)22-8-9-24-10-15(22)16-18-11-19-21(16)3/h5,7,11-12,15H,4,6,8-10H2,1-3H3,(H,20,23)/t12-,15-/m0/s1. The van der Waals surface area contributed by atoms with Crippen LogP contribution in [0.2, 0.25) is 0 Å². The van der Waals surface area contributed by atoms with E-state index in [0.29, 0.717) is 19.8 Å². The topological polar surface area (TPSA) is 85.4 Å². The van der Waals surface area contributed by atoms with Gasteiger partial charge in [0.1, 0.15) is 23.9 Å². The summed E-state index contributed by atoms with van der Waals surface area (Å²) in [4.78, 5) is 18.8. The molecule has 3 heterocycles. The van der Waals surface area contributed by atoms with Crippen LogP contribution in [-0.2, 0) is 18.2 Å². The zero-order valence-corrected chi connectivity index (χ0v) is 14.9. The Morgan fingerprint density at radius 3 is 3.00 bits per heavy atom. The zero-order chi connectivity index (χ0) is 17.8. The quantitative estimate of drug-likeness (QED) is 0.892. The van der Waals surface area contributed by atoms with Gasteiger partial charge in [0.25, 0.3) is 0 Å². The van der Waals surface area contributed by atoms with E-state index in [0.717, 1.165) is 30.2 Å². The summed E-state index contributed by atoms with van der Waals surface area (Å²) >= 11 is 0. The van der Waals surface area contributed by atoms with E-state index in [1.807, 2.05) is 33.0 Å². The maximum absolute atomic E-state index is 12.7. The lowest BCUT2D eigenvalue weighted by atomic mass is 10.1. The molecule has 0 unspecified atom stereocenters. The van der Waals surface area contributed by atoms with Crippen molar-refractivity contribution in [2.45, 2.75) is 38.8 Å². The molecular formula is C17H25N5O3. The summed E-state index contributed by atoms with van der Waals surface area (Å²) in [5.41, 5.74) is 0. The lowest BCUT2D eigenvalue weighted by molar-refractivity contribution is 0.00688. The molecule has 1 N–H and O–H groups in total. The molecule has 8 heteroatoms. The molecule has 0 aromatic carbocycles. The van der Waals surface area contributed by atoms with Crippen LogP contribution in [-0.4, -0.2) is 51.5 Å². The van der Waals surface area contributed by atoms with E-state index < -0.39 is 0 Å². The summed E-state index contributed by atoms with van der Waals surface area (Å²) in [6, 6.07) is 3.66. The molecule has 25 heavy (non-hydrogen) atoms. The van der Waals surface area contributed by atoms with Gasteiger partial charge < -0.3 is 19.4 Å². The number of aryl methyl sites for hydroxylation is 3. The molecule has 2 aromatic heterocycles. The maximum atomic E-state index is 12.7. The van der Waals surface area contributed by atoms with Crippen molar-refractivity contribution in [3.63, 3.8) is 0 Å². The minimum absolute atomic E-state index is 0.0425. The van der Waals surface area contributed by atoms with Gasteiger partial charge in [-0.2, -0.15) is 5.10 Å². The van der Waals surface area contributed by atoms with E-state index in [-0.39, 0.29) is 18.1 Å². The fourth-order valence-electron chi connectivity index (χ4n) is 3.01. The van der Waals surface area contributed by atoms with E-state index in [4.69, 9.17) is 9.15 Å². The molecule has 1 aliphatic heterocycles. The number of hydrogen-bond donors (Lipinski definition) is 1. The molecule has 1 fully saturated rings. The number of nitrogens with zero attached hydrogens (tertiary/aromatic N) is 4. The predicted octanol–water partition coefficient (Wildman–Crippen LogP) is 1.82. The zero-order valence-electron chi connectivity index (χ0n) is 14.9. The molecule has 0 bridgehead atoms. The molecule has 0 spiro atoms. The fraction of sp³-hybridized carbons (Fsp3) is 0.588. The molecule has 0 aliphatic carbocycles. The van der Waals surface area contributed by atoms with Crippen LogP contribution in [0.25, 0.3) is 0 Å². The molecule has 0 radical (unpaired) electrons. The average molecular weight is 347 g/mol. The van der Waals surface area contributed by atoms with Crippen LogP contribution in [0.15, 0.2) is 22.9 Å². The minimum atomic E-state index is -0.221. The Hall–Kier alpha value is -2.35. The van der Waals surface area contributed by atoms with Crippen LogP contribution in [0, 0.1) is 6.92 Å². The van der Waals surface area contributed by atoms with Gasteiger partial charge in [-0.3, -0.25) is 4.68 Å². The van der Waals surface area contributed by atoms with E-state index in [1.165, 1.54) is 6.33 Å². The van der Waals surface area contributed by atoms with Crippen molar-refractivity contribution in [3.05, 3.63) is 35.8 Å². The Kier molecular flexibility index (Phi) is 5.37. The van der Waals surface area contributed by atoms with Crippen LogP contribution in [0.5, 0.6) is 0 Å². The number of urea groups is 1. The number of hydrogen-bond acceptors (Lipinski definition) is 5. The molecule has 2 aromatic rings. The van der Waals surface area contributed by atoms with Crippen molar-refractivity contribution in [3.8, 4) is 0 Å². The molecule has 1 saturated heterocycles. The Bertz CT molecular complexity index is 711. The second kappa shape index (κ2) is 7.69. The van der Waals surface area contributed by atoms with Gasteiger partial charge in [-0.1, -0.05) is 0 Å². The van der Waals surface area contributed by atoms with Crippen molar-refractivity contribution < 1.29 is 13.9 Å². The normalized spacial score (nSPS) is 19.0. The van der Waals surface area contributed by atoms with E-state index >= 15 is 0 Å². The number of ether oxygens (including phenoxy) is 1. The summed E-state index contributed by atoms with van der Waals surface area (Å²) in [6.07, 6.45) is 3.11. The first-order valence-corrected chi connectivity index (χ1v) is 8.58. The number of amides is 2. The lowest BCUT2D eigenvalue weighted by Gasteiger charge is -2.35. The molecule has 1 aliphatic rings. The lowest BCUT2D eigenvalue weighted by Crippen LogP contribution is -2.50. The third-order valence-electron chi connectivity index (χ3n) is 4.42. The van der Waals surface area contributed by atoms with Crippen molar-refractivity contribution in [2.75, 3.05) is 19.8 Å². The van der Waals surface area contributed by atoms with Gasteiger partial charge in [0.15, 0.2) is 5.82 Å². The number of furan rings is 1. The Morgan fingerprint density at radius 1 is 1.48 bits per heavy atom. The van der Waals surface area contributed by atoms with Crippen molar-refractivity contribution in [2.24, 2.45) is 7.05 Å². The number of carbonyl (C=O) groups is 1. The third-order valence-corrected chi connectivity index (χ3v) is 4.42. The second-order valence-corrected chi connectivity index (χ2v) is 6.43. The van der Waals surface area contributed by atoms with Crippen LogP contribution >= 0.6 is 0 Å². The second-order valence-electron chi connectivity index (χ2n) is 6.43. The van der Waals surface area contributed by atoms with Gasteiger partial charge in [0.05, 0.1) is 13.2 Å². The number of rotatable bonds is 5. The highest BCUT2D eigenvalue weighted by Crippen LogP contribution is 2.22. The number of aromatic nitrogens is 3. The average Bonchev–Trinajstić information content (AvgIpc) is 3.21. The number of nitrogens with one attached hydrogen (secondary N) is 1. The van der Waals surface area contributed by atoms with Crippen molar-refractivity contribution in [1.82, 2.24) is 25.0 Å². The Balaban J connectivity index is 1.57. The fourth-order valence-corrected chi connectivity index (χ4v) is 3.01. The first-order chi connectivity index (χ1) is 12.0. The Morgan fingerprint density at radius 2 is 2.32 bits per heavy atom. The maximum Gasteiger partial charge on any atom is 0.318 e. The van der Waals surface area contributed by atoms with Gasteiger partial charge in [-0.05, 0) is 32.4 Å². The summed E-state index contributed by atoms with van der Waals surface area (Å²) in [7, 11) is 1.82. The summed E-state index contributed by atoms with van der Waals surface area (Å²) < 4.78 is 12.8. The smallest absolute Gasteiger partial charge is 0.318 e. The molecular weight excluding hydrogens is 322 g/mol. The number of carbonyl (C=O) groups excluding carboxylic acids is 1. The van der Waals surface area contributed by atoms with Crippen LogP contribution in [0.4, 0.5) is 4.79 Å². The van der Waals surface area contributed by atoms with Crippen LogP contribution in [0.3, 0.4) is 0 Å². The first kappa shape index (κ1) is 17.5. The van der Waals surface area contributed by atoms with Crippen LogP contribution in [0.1, 0.15) is 36.7 Å². The molecule has 2 amide bonds. The van der Waals surface area contributed by atoms with Gasteiger partial charge >= 0.3 is 6.03 Å². The minimum Gasteiger partial charge on any atom is -0.466 e. The molecule has 136 valence electrons. The molecule has 8 nitrogen and oxygen atoms in total. The highest BCUT2D eigenvalue weighted by Gasteiger charge is 2.32. The monoisotopic (exact) mass is 347 g/mol. The molecule has 3 rings (SSSR count). The third kappa shape index (κ3) is 4.19. The number of morpholine rings is 1. The van der Waals surface area contributed by atoms with Gasteiger partial charge in [-0.25, -0.2) is 9.78 Å². The van der Waals surface area contributed by atoms with E-state index in [2.05, 4.69) is 15.4 Å². The van der Waals surface area contributed by atoms with E-state index in [9.17, 15) is 4.79 Å². The molecule has 2 atom stereocenters. The molecule has 0 saturated carbocycles. The van der Waals surface area contributed by atoms with Gasteiger partial charge in [0, 0.05) is 26.1 Å². The summed E-state index contributed by atoms with van der Waals surface area (Å²) in [5.74, 6) is 2.59. The highest BCUT2D eigenvalue weighted by molar-refractivity contribution is 5.75. The van der Waals surface area contributed by atoms with Crippen molar-refractivity contribution in [1.29, 1.82) is 0 Å². The van der Waals surface area contributed by atoms with E-state index in [1.54, 1.807) is 9.58 Å². The largest absolute Gasteiger partial charge is 0.466 e. The summed E-state index contributed by atoms with van der Waals surface area (Å²) in [6.45, 7) is 5.43. The predicted molar refractivity (Wildman–Crippen MR) is 91.0 cm³/mol. The van der Waals surface area contributed by atoms with Crippen molar-refractivity contribution >= 4 is 6.03 Å². The Labute approximate surface area is 147 Å². The highest BCUT2D eigenvalue weighted by atomic mass is 16.5. The summed E-state index contributed by atoms with van der Waals surface area (Å²) in [5, 5.41) is 7.16. The first-order valence-electron chi connectivity index (χ1n) is 8.58.